The Morgan fingerprint density at radius 3 is 2.92 bits per heavy atom. The van der Waals surface area contributed by atoms with Crippen LogP contribution in [0.4, 0.5) is 5.69 Å². The van der Waals surface area contributed by atoms with Crippen LogP contribution < -0.4 is 5.32 Å². The van der Waals surface area contributed by atoms with Crippen molar-refractivity contribution < 1.29 is 22.7 Å². The Morgan fingerprint density at radius 2 is 2.29 bits per heavy atom. The number of amides is 1. The van der Waals surface area contributed by atoms with Gasteiger partial charge in [-0.1, -0.05) is 11.6 Å². The predicted molar refractivity (Wildman–Crippen MR) is 92.9 cm³/mol. The van der Waals surface area contributed by atoms with Crippen LogP contribution >= 0.6 is 23.4 Å². The molecule has 0 aliphatic carbocycles. The Labute approximate surface area is 149 Å². The third-order valence-corrected chi connectivity index (χ3v) is 6.88. The Bertz CT molecular complexity index is 726. The van der Waals surface area contributed by atoms with Crippen molar-refractivity contribution in [2.45, 2.75) is 24.7 Å². The van der Waals surface area contributed by atoms with E-state index in [9.17, 15) is 18.0 Å². The number of carbonyl (C=O) groups excluding carboxylic acids is 2. The molecule has 1 aromatic heterocycles. The molecule has 132 valence electrons. The molecule has 0 aromatic carbocycles. The van der Waals surface area contributed by atoms with Gasteiger partial charge in [0.1, 0.15) is 0 Å². The van der Waals surface area contributed by atoms with Crippen LogP contribution in [-0.2, 0) is 24.2 Å². The molecule has 1 aliphatic rings. The normalized spacial score (nSPS) is 20.3. The van der Waals surface area contributed by atoms with Crippen LogP contribution in [0.3, 0.4) is 0 Å². The van der Waals surface area contributed by atoms with Gasteiger partial charge in [0.2, 0.25) is 0 Å². The third-order valence-electron chi connectivity index (χ3n) is 3.32. The van der Waals surface area contributed by atoms with Crippen molar-refractivity contribution in [3.8, 4) is 0 Å². The van der Waals surface area contributed by atoms with Crippen LogP contribution in [0.1, 0.15) is 13.3 Å². The van der Waals surface area contributed by atoms with Crippen molar-refractivity contribution in [1.29, 1.82) is 0 Å². The van der Waals surface area contributed by atoms with Crippen molar-refractivity contribution in [2.24, 2.45) is 0 Å². The molecule has 0 unspecified atom stereocenters. The number of nitrogens with one attached hydrogen (secondary N) is 1. The molecule has 0 saturated carbocycles. The fourth-order valence-corrected chi connectivity index (χ4v) is 5.67. The molecule has 2 heterocycles. The van der Waals surface area contributed by atoms with E-state index in [1.165, 1.54) is 24.9 Å². The van der Waals surface area contributed by atoms with Crippen LogP contribution in [0, 0.1) is 0 Å². The SMILES string of the molecule is C[C@H](OC(=O)CS[C@@H]1CCS(=O)(=O)C1)C(=O)Nc1cccnc1Cl. The number of pyridine rings is 1. The molecule has 0 bridgehead atoms. The number of sulfone groups is 1. The Kier molecular flexibility index (Phi) is 6.47. The van der Waals surface area contributed by atoms with E-state index in [-0.39, 0.29) is 27.7 Å². The summed E-state index contributed by atoms with van der Waals surface area (Å²) in [5.41, 5.74) is 0.331. The summed E-state index contributed by atoms with van der Waals surface area (Å²) < 4.78 is 27.8. The molecule has 10 heteroatoms. The molecule has 7 nitrogen and oxygen atoms in total. The predicted octanol–water partition coefficient (Wildman–Crippen LogP) is 1.53. The lowest BCUT2D eigenvalue weighted by atomic mass is 10.3. The molecule has 0 spiro atoms. The lowest BCUT2D eigenvalue weighted by molar-refractivity contribution is -0.150. The van der Waals surface area contributed by atoms with Gasteiger partial charge in [-0.2, -0.15) is 0 Å². The zero-order valence-electron chi connectivity index (χ0n) is 12.9. The fraction of sp³-hybridized carbons (Fsp3) is 0.500. The van der Waals surface area contributed by atoms with E-state index in [4.69, 9.17) is 16.3 Å². The van der Waals surface area contributed by atoms with Gasteiger partial charge in [0.05, 0.1) is 22.9 Å². The van der Waals surface area contributed by atoms with Gasteiger partial charge in [-0.3, -0.25) is 9.59 Å². The number of nitrogens with zero attached hydrogens (tertiary/aromatic N) is 1. The van der Waals surface area contributed by atoms with E-state index >= 15 is 0 Å². The molecule has 1 amide bonds. The number of anilines is 1. The monoisotopic (exact) mass is 392 g/mol. The molecule has 1 saturated heterocycles. The van der Waals surface area contributed by atoms with E-state index in [2.05, 4.69) is 10.3 Å². The zero-order valence-corrected chi connectivity index (χ0v) is 15.3. The number of esters is 1. The number of thioether (sulfide) groups is 1. The molecule has 1 N–H and O–H groups in total. The summed E-state index contributed by atoms with van der Waals surface area (Å²) >= 11 is 7.08. The molecule has 0 radical (unpaired) electrons. The van der Waals surface area contributed by atoms with Crippen LogP contribution in [-0.4, -0.2) is 53.9 Å². The Hall–Kier alpha value is -1.32. The lowest BCUT2D eigenvalue weighted by Crippen LogP contribution is -2.31. The Morgan fingerprint density at radius 1 is 1.54 bits per heavy atom. The van der Waals surface area contributed by atoms with Gasteiger partial charge < -0.3 is 10.1 Å². The van der Waals surface area contributed by atoms with E-state index in [0.717, 1.165) is 0 Å². The zero-order chi connectivity index (χ0) is 17.7. The summed E-state index contributed by atoms with van der Waals surface area (Å²) in [6, 6.07) is 3.20. The van der Waals surface area contributed by atoms with Gasteiger partial charge in [0.25, 0.3) is 5.91 Å². The number of halogens is 1. The van der Waals surface area contributed by atoms with E-state index in [1.807, 2.05) is 0 Å². The summed E-state index contributed by atoms with van der Waals surface area (Å²) in [6.45, 7) is 1.45. The highest BCUT2D eigenvalue weighted by atomic mass is 35.5. The highest BCUT2D eigenvalue weighted by Gasteiger charge is 2.29. The van der Waals surface area contributed by atoms with Gasteiger partial charge in [0.15, 0.2) is 21.1 Å². The highest BCUT2D eigenvalue weighted by molar-refractivity contribution is 8.02. The average molecular weight is 393 g/mol. The molecule has 2 rings (SSSR count). The first-order valence-corrected chi connectivity index (χ1v) is 10.4. The van der Waals surface area contributed by atoms with Gasteiger partial charge >= 0.3 is 5.97 Å². The second-order valence-electron chi connectivity index (χ2n) is 5.30. The topological polar surface area (TPSA) is 102 Å². The summed E-state index contributed by atoms with van der Waals surface area (Å²) in [6.07, 6.45) is 1.03. The fourth-order valence-electron chi connectivity index (χ4n) is 2.08. The molecule has 2 atom stereocenters. The summed E-state index contributed by atoms with van der Waals surface area (Å²) in [5.74, 6) is -0.841. The number of hydrogen-bond donors (Lipinski definition) is 1. The molecule has 1 aliphatic heterocycles. The molecule has 1 aromatic rings. The maximum Gasteiger partial charge on any atom is 0.316 e. The minimum Gasteiger partial charge on any atom is -0.452 e. The van der Waals surface area contributed by atoms with E-state index in [1.54, 1.807) is 12.1 Å². The number of hydrogen-bond acceptors (Lipinski definition) is 7. The van der Waals surface area contributed by atoms with E-state index in [0.29, 0.717) is 12.1 Å². The average Bonchev–Trinajstić information content (AvgIpc) is 2.86. The second kappa shape index (κ2) is 8.17. The number of rotatable bonds is 6. The molecule has 1 fully saturated rings. The molecular weight excluding hydrogens is 376 g/mol. The van der Waals surface area contributed by atoms with Gasteiger partial charge in [0, 0.05) is 11.4 Å². The van der Waals surface area contributed by atoms with Crippen molar-refractivity contribution in [2.75, 3.05) is 22.6 Å². The largest absolute Gasteiger partial charge is 0.452 e. The van der Waals surface area contributed by atoms with Gasteiger partial charge in [-0.05, 0) is 25.5 Å². The quantitative estimate of drug-likeness (QED) is 0.578. The first-order chi connectivity index (χ1) is 11.3. The Balaban J connectivity index is 1.77. The third kappa shape index (κ3) is 5.64. The number of aromatic nitrogens is 1. The minimum atomic E-state index is -2.97. The van der Waals surface area contributed by atoms with Crippen molar-refractivity contribution in [1.82, 2.24) is 4.98 Å². The lowest BCUT2D eigenvalue weighted by Gasteiger charge is -2.14. The number of carbonyl (C=O) groups is 2. The second-order valence-corrected chi connectivity index (χ2v) is 9.17. The summed E-state index contributed by atoms with van der Waals surface area (Å²) in [4.78, 5) is 27.6. The smallest absolute Gasteiger partial charge is 0.316 e. The summed E-state index contributed by atoms with van der Waals surface area (Å²) in [5, 5.41) is 2.57. The van der Waals surface area contributed by atoms with Crippen LogP contribution in [0.5, 0.6) is 0 Å². The van der Waals surface area contributed by atoms with E-state index < -0.39 is 27.8 Å². The number of ether oxygens (including phenoxy) is 1. The maximum absolute atomic E-state index is 12.0. The van der Waals surface area contributed by atoms with Crippen molar-refractivity contribution in [3.63, 3.8) is 0 Å². The summed E-state index contributed by atoms with van der Waals surface area (Å²) in [7, 11) is -2.97. The standard InChI is InChI=1S/C14H17ClN2O5S2/c1-9(14(19)17-11-3-2-5-16-13(11)15)22-12(18)7-23-10-4-6-24(20,21)8-10/h2-3,5,9-10H,4,6-8H2,1H3,(H,17,19)/t9-,10+/m0/s1. The van der Waals surface area contributed by atoms with Crippen molar-refractivity contribution >= 4 is 50.8 Å². The van der Waals surface area contributed by atoms with Gasteiger partial charge in [-0.15, -0.1) is 11.8 Å². The van der Waals surface area contributed by atoms with Crippen LogP contribution in [0.2, 0.25) is 5.15 Å². The first-order valence-electron chi connectivity index (χ1n) is 7.20. The van der Waals surface area contributed by atoms with Crippen LogP contribution in [0.15, 0.2) is 18.3 Å². The van der Waals surface area contributed by atoms with Crippen LogP contribution in [0.25, 0.3) is 0 Å². The highest BCUT2D eigenvalue weighted by Crippen LogP contribution is 2.24. The minimum absolute atomic E-state index is 0.00541. The van der Waals surface area contributed by atoms with Gasteiger partial charge in [-0.25, -0.2) is 13.4 Å². The van der Waals surface area contributed by atoms with Crippen molar-refractivity contribution in [3.05, 3.63) is 23.5 Å². The first kappa shape index (κ1) is 19.0. The molecule has 24 heavy (non-hydrogen) atoms. The maximum atomic E-state index is 12.0. The molecular formula is C14H17ClN2O5S2.